The van der Waals surface area contributed by atoms with Crippen LogP contribution < -0.4 is 15.4 Å². The van der Waals surface area contributed by atoms with Crippen LogP contribution in [0.3, 0.4) is 0 Å². The van der Waals surface area contributed by atoms with Crippen molar-refractivity contribution in [3.8, 4) is 5.75 Å². The van der Waals surface area contributed by atoms with Crippen molar-refractivity contribution in [3.05, 3.63) is 58.1 Å². The second kappa shape index (κ2) is 8.20. The molecule has 1 atom stereocenters. The molecule has 0 heterocycles. The number of hydrogen-bond donors (Lipinski definition) is 3. The van der Waals surface area contributed by atoms with Crippen LogP contribution in [0.5, 0.6) is 5.75 Å². The quantitative estimate of drug-likeness (QED) is 0.686. The van der Waals surface area contributed by atoms with Gasteiger partial charge in [0.2, 0.25) is 0 Å². The number of hydrogen-bond acceptors (Lipinski definition) is 4. The topological polar surface area (TPSA) is 87.7 Å². The highest BCUT2D eigenvalue weighted by Gasteiger charge is 2.35. The third kappa shape index (κ3) is 4.29. The van der Waals surface area contributed by atoms with Gasteiger partial charge in [-0.2, -0.15) is 0 Å². The van der Waals surface area contributed by atoms with Crippen LogP contribution in [0, 0.1) is 6.92 Å². The van der Waals surface area contributed by atoms with E-state index in [0.29, 0.717) is 17.1 Å². The second-order valence-corrected chi connectivity index (χ2v) is 7.44. The van der Waals surface area contributed by atoms with E-state index in [-0.39, 0.29) is 6.54 Å². The number of benzene rings is 2. The van der Waals surface area contributed by atoms with Crippen molar-refractivity contribution in [3.63, 3.8) is 0 Å². The van der Waals surface area contributed by atoms with Crippen LogP contribution in [0.2, 0.25) is 5.02 Å². The molecule has 0 aromatic heterocycles. The zero-order valence-electron chi connectivity index (χ0n) is 15.8. The average Bonchev–Trinajstić information content (AvgIpc) is 2.68. The van der Waals surface area contributed by atoms with E-state index in [1.807, 2.05) is 12.1 Å². The normalized spacial score (nSPS) is 18.1. The zero-order valence-corrected chi connectivity index (χ0v) is 16.6. The van der Waals surface area contributed by atoms with E-state index in [2.05, 4.69) is 10.6 Å². The molecule has 0 spiro atoms. The summed E-state index contributed by atoms with van der Waals surface area (Å²) >= 11 is 5.94. The highest BCUT2D eigenvalue weighted by atomic mass is 35.5. The van der Waals surface area contributed by atoms with Gasteiger partial charge >= 0.3 is 11.8 Å². The summed E-state index contributed by atoms with van der Waals surface area (Å²) in [4.78, 5) is 24.5. The van der Waals surface area contributed by atoms with Crippen LogP contribution in [-0.4, -0.2) is 30.6 Å². The number of carbonyl (C=O) groups is 2. The molecular formula is C21H23ClN2O4. The molecule has 1 aliphatic rings. The first-order chi connectivity index (χ1) is 13.3. The lowest BCUT2D eigenvalue weighted by molar-refractivity contribution is -0.137. The summed E-state index contributed by atoms with van der Waals surface area (Å²) in [7, 11) is 1.59. The number of ether oxygens (including phenoxy) is 1. The summed E-state index contributed by atoms with van der Waals surface area (Å²) in [6, 6.07) is 10.5. The summed E-state index contributed by atoms with van der Waals surface area (Å²) in [6.07, 6.45) is 2.11. The van der Waals surface area contributed by atoms with Crippen molar-refractivity contribution in [1.82, 2.24) is 5.32 Å². The monoisotopic (exact) mass is 402 g/mol. The standard InChI is InChI=1S/C21H23ClN2O4/c1-13-5-6-15(22)11-18(13)24-20(26)19(25)23-12-21(27)9-3-4-14-10-16(28-2)7-8-17(14)21/h5-8,10-11,27H,3-4,9,12H2,1-2H3,(H,23,25)(H,24,26). The Kier molecular flexibility index (Phi) is 5.91. The molecule has 0 fully saturated rings. The fraction of sp³-hybridized carbons (Fsp3) is 0.333. The Morgan fingerprint density at radius 3 is 2.75 bits per heavy atom. The van der Waals surface area contributed by atoms with Gasteiger partial charge in [0.05, 0.1) is 13.7 Å². The molecule has 0 saturated carbocycles. The van der Waals surface area contributed by atoms with E-state index in [0.717, 1.165) is 35.3 Å². The molecular weight excluding hydrogens is 380 g/mol. The van der Waals surface area contributed by atoms with Gasteiger partial charge in [0, 0.05) is 10.7 Å². The maximum absolute atomic E-state index is 12.3. The molecule has 1 unspecified atom stereocenters. The number of nitrogens with one attached hydrogen (secondary N) is 2. The van der Waals surface area contributed by atoms with Crippen molar-refractivity contribution in [2.75, 3.05) is 19.0 Å². The third-order valence-electron chi connectivity index (χ3n) is 5.05. The Bertz CT molecular complexity index is 915. The summed E-state index contributed by atoms with van der Waals surface area (Å²) in [5.74, 6) is -0.892. The van der Waals surface area contributed by atoms with Gasteiger partial charge in [-0.1, -0.05) is 23.7 Å². The highest BCUT2D eigenvalue weighted by molar-refractivity contribution is 6.40. The average molecular weight is 403 g/mol. The number of amides is 2. The van der Waals surface area contributed by atoms with Crippen LogP contribution in [0.4, 0.5) is 5.69 Å². The molecule has 2 aromatic carbocycles. The van der Waals surface area contributed by atoms with Gasteiger partial charge in [0.15, 0.2) is 0 Å². The molecule has 0 bridgehead atoms. The van der Waals surface area contributed by atoms with Gasteiger partial charge in [-0.05, 0) is 67.1 Å². The first-order valence-electron chi connectivity index (χ1n) is 9.07. The van der Waals surface area contributed by atoms with E-state index in [1.165, 1.54) is 0 Å². The molecule has 148 valence electrons. The van der Waals surface area contributed by atoms with Crippen LogP contribution >= 0.6 is 11.6 Å². The fourth-order valence-corrected chi connectivity index (χ4v) is 3.63. The second-order valence-electron chi connectivity index (χ2n) is 7.00. The Balaban J connectivity index is 1.67. The van der Waals surface area contributed by atoms with Crippen LogP contribution in [0.25, 0.3) is 0 Å². The van der Waals surface area contributed by atoms with E-state index in [4.69, 9.17) is 16.3 Å². The maximum Gasteiger partial charge on any atom is 0.313 e. The summed E-state index contributed by atoms with van der Waals surface area (Å²) in [5.41, 5.74) is 1.79. The molecule has 3 N–H and O–H groups in total. The molecule has 2 aromatic rings. The van der Waals surface area contributed by atoms with E-state index in [1.54, 1.807) is 38.3 Å². The minimum absolute atomic E-state index is 0.0485. The predicted octanol–water partition coefficient (Wildman–Crippen LogP) is 2.94. The van der Waals surface area contributed by atoms with E-state index >= 15 is 0 Å². The van der Waals surface area contributed by atoms with E-state index in [9.17, 15) is 14.7 Å². The maximum atomic E-state index is 12.3. The van der Waals surface area contributed by atoms with Gasteiger partial charge in [0.25, 0.3) is 0 Å². The summed E-state index contributed by atoms with van der Waals surface area (Å²) in [5, 5.41) is 16.6. The molecule has 0 radical (unpaired) electrons. The number of halogens is 1. The van der Waals surface area contributed by atoms with Crippen LogP contribution in [-0.2, 0) is 21.6 Å². The van der Waals surface area contributed by atoms with Gasteiger partial charge in [-0.15, -0.1) is 0 Å². The van der Waals surface area contributed by atoms with Crippen molar-refractivity contribution in [1.29, 1.82) is 0 Å². The lowest BCUT2D eigenvalue weighted by Crippen LogP contribution is -2.46. The van der Waals surface area contributed by atoms with Crippen molar-refractivity contribution < 1.29 is 19.4 Å². The van der Waals surface area contributed by atoms with Gasteiger partial charge in [-0.25, -0.2) is 0 Å². The predicted molar refractivity (Wildman–Crippen MR) is 108 cm³/mol. The third-order valence-corrected chi connectivity index (χ3v) is 5.28. The molecule has 3 rings (SSSR count). The number of fused-ring (bicyclic) bond motifs is 1. The minimum atomic E-state index is -1.22. The Morgan fingerprint density at radius 2 is 2.00 bits per heavy atom. The molecule has 0 saturated heterocycles. The fourth-order valence-electron chi connectivity index (χ4n) is 3.46. The number of anilines is 1. The molecule has 6 nitrogen and oxygen atoms in total. The van der Waals surface area contributed by atoms with Gasteiger partial charge < -0.3 is 20.5 Å². The largest absolute Gasteiger partial charge is 0.497 e. The Labute approximate surface area is 168 Å². The van der Waals surface area contributed by atoms with Gasteiger partial charge in [0.1, 0.15) is 11.4 Å². The Morgan fingerprint density at radius 1 is 1.21 bits per heavy atom. The molecule has 2 amide bonds. The van der Waals surface area contributed by atoms with Crippen molar-refractivity contribution in [2.45, 2.75) is 31.8 Å². The molecule has 1 aliphatic carbocycles. The number of rotatable bonds is 4. The SMILES string of the molecule is COc1ccc2c(c1)CCCC2(O)CNC(=O)C(=O)Nc1cc(Cl)ccc1C. The molecule has 7 heteroatoms. The minimum Gasteiger partial charge on any atom is -0.497 e. The zero-order chi connectivity index (χ0) is 20.3. The first kappa shape index (κ1) is 20.2. The first-order valence-corrected chi connectivity index (χ1v) is 9.45. The van der Waals surface area contributed by atoms with Crippen molar-refractivity contribution >= 4 is 29.1 Å². The highest BCUT2D eigenvalue weighted by Crippen LogP contribution is 2.36. The Hall–Kier alpha value is -2.57. The van der Waals surface area contributed by atoms with Gasteiger partial charge in [-0.3, -0.25) is 9.59 Å². The van der Waals surface area contributed by atoms with Crippen LogP contribution in [0.1, 0.15) is 29.5 Å². The van der Waals surface area contributed by atoms with E-state index < -0.39 is 17.4 Å². The van der Waals surface area contributed by atoms with Crippen LogP contribution in [0.15, 0.2) is 36.4 Å². The smallest absolute Gasteiger partial charge is 0.313 e. The lowest BCUT2D eigenvalue weighted by Gasteiger charge is -2.34. The lowest BCUT2D eigenvalue weighted by atomic mass is 9.79. The summed E-state index contributed by atoms with van der Waals surface area (Å²) < 4.78 is 5.24. The number of aliphatic hydroxyl groups is 1. The number of carbonyl (C=O) groups excluding carboxylic acids is 2. The molecule has 0 aliphatic heterocycles. The molecule has 28 heavy (non-hydrogen) atoms. The number of methoxy groups -OCH3 is 1. The number of aryl methyl sites for hydroxylation is 2. The summed E-state index contributed by atoms with van der Waals surface area (Å²) in [6.45, 7) is 1.76. The van der Waals surface area contributed by atoms with Crippen molar-refractivity contribution in [2.24, 2.45) is 0 Å².